The zero-order valence-corrected chi connectivity index (χ0v) is 11.0. The molecule has 0 bridgehead atoms. The Balaban J connectivity index is 2.22. The summed E-state index contributed by atoms with van der Waals surface area (Å²) in [6.45, 7) is 0. The van der Waals surface area contributed by atoms with Crippen LogP contribution in [0.2, 0.25) is 0 Å². The zero-order valence-electron chi connectivity index (χ0n) is 11.0. The first-order valence-electron chi connectivity index (χ1n) is 5.96. The number of aliphatic hydroxyl groups is 1. The lowest BCUT2D eigenvalue weighted by atomic mass is 10.1. The monoisotopic (exact) mass is 342 g/mol. The van der Waals surface area contributed by atoms with Crippen molar-refractivity contribution in [1.29, 1.82) is 0 Å². The van der Waals surface area contributed by atoms with Gasteiger partial charge in [0.25, 0.3) is 11.6 Å². The predicted molar refractivity (Wildman–Crippen MR) is 63.4 cm³/mol. The number of benzene rings is 1. The van der Waals surface area contributed by atoms with E-state index in [2.05, 4.69) is 9.84 Å². The highest BCUT2D eigenvalue weighted by molar-refractivity contribution is 5.95. The fraction of sp³-hybridized carbons (Fsp3) is 0.333. The topological polar surface area (TPSA) is 62.1 Å². The second-order valence-corrected chi connectivity index (χ2v) is 4.51. The average molecular weight is 342 g/mol. The van der Waals surface area contributed by atoms with Crippen molar-refractivity contribution in [3.63, 3.8) is 0 Å². The van der Waals surface area contributed by atoms with Crippen LogP contribution in [-0.4, -0.2) is 40.5 Å². The van der Waals surface area contributed by atoms with Gasteiger partial charge in [0, 0.05) is 18.2 Å². The number of carbonyl (C=O) groups is 1. The third kappa shape index (κ3) is 3.38. The third-order valence-electron chi connectivity index (χ3n) is 2.90. The highest BCUT2D eigenvalue weighted by Gasteiger charge is 2.61. The van der Waals surface area contributed by atoms with Crippen molar-refractivity contribution in [2.24, 2.45) is 5.10 Å². The van der Waals surface area contributed by atoms with Gasteiger partial charge in [-0.1, -0.05) is 0 Å². The van der Waals surface area contributed by atoms with E-state index in [9.17, 15) is 36.2 Å². The molecule has 0 aromatic heterocycles. The van der Waals surface area contributed by atoms with Crippen LogP contribution in [0, 0.1) is 0 Å². The molecule has 11 heteroatoms. The lowest BCUT2D eigenvalue weighted by Crippen LogP contribution is -2.56. The SMILES string of the molecule is O=C(c1ccc(OC(F)(F)F)cc1)N1N=CCC1(O)C(F)(F)F. The Kier molecular flexibility index (Phi) is 4.01. The second kappa shape index (κ2) is 5.41. The van der Waals surface area contributed by atoms with Crippen molar-refractivity contribution in [2.45, 2.75) is 24.7 Å². The maximum atomic E-state index is 12.9. The van der Waals surface area contributed by atoms with Crippen LogP contribution in [0.5, 0.6) is 5.75 Å². The summed E-state index contributed by atoms with van der Waals surface area (Å²) in [5.41, 5.74) is -3.90. The molecule has 126 valence electrons. The maximum absolute atomic E-state index is 12.9. The van der Waals surface area contributed by atoms with Gasteiger partial charge in [-0.3, -0.25) is 4.79 Å². The first-order valence-corrected chi connectivity index (χ1v) is 5.96. The quantitative estimate of drug-likeness (QED) is 0.841. The Bertz CT molecular complexity index is 625. The zero-order chi connectivity index (χ0) is 17.5. The molecule has 1 unspecified atom stereocenters. The number of amides is 1. The number of rotatable bonds is 2. The first-order chi connectivity index (χ1) is 10.4. The minimum Gasteiger partial charge on any atom is -0.406 e. The molecule has 1 atom stereocenters. The Labute approximate surface area is 124 Å². The van der Waals surface area contributed by atoms with E-state index in [1.54, 1.807) is 0 Å². The number of hydrogen-bond acceptors (Lipinski definition) is 4. The minimum atomic E-state index is -5.15. The van der Waals surface area contributed by atoms with Gasteiger partial charge in [-0.05, 0) is 24.3 Å². The summed E-state index contributed by atoms with van der Waals surface area (Å²) in [5, 5.41) is 12.6. The number of halogens is 6. The Morgan fingerprint density at radius 1 is 1.17 bits per heavy atom. The van der Waals surface area contributed by atoms with Gasteiger partial charge in [0.2, 0.25) is 0 Å². The van der Waals surface area contributed by atoms with Gasteiger partial charge in [0.15, 0.2) is 0 Å². The van der Waals surface area contributed by atoms with Crippen molar-refractivity contribution in [2.75, 3.05) is 0 Å². The normalized spacial score (nSPS) is 21.6. The van der Waals surface area contributed by atoms with Gasteiger partial charge in [-0.15, -0.1) is 13.2 Å². The van der Waals surface area contributed by atoms with Crippen LogP contribution in [0.3, 0.4) is 0 Å². The van der Waals surface area contributed by atoms with E-state index in [4.69, 9.17) is 0 Å². The molecule has 1 aromatic carbocycles. The molecule has 0 fully saturated rings. The summed E-state index contributed by atoms with van der Waals surface area (Å²) in [6.07, 6.45) is -10.3. The van der Waals surface area contributed by atoms with E-state index >= 15 is 0 Å². The van der Waals surface area contributed by atoms with Gasteiger partial charge < -0.3 is 9.84 Å². The summed E-state index contributed by atoms with van der Waals surface area (Å²) in [6, 6.07) is 3.17. The first kappa shape index (κ1) is 17.1. The average Bonchev–Trinajstić information content (AvgIpc) is 2.80. The van der Waals surface area contributed by atoms with Crippen molar-refractivity contribution >= 4 is 12.1 Å². The molecule has 1 aliphatic rings. The van der Waals surface area contributed by atoms with E-state index in [0.717, 1.165) is 24.3 Å². The molecule has 0 saturated carbocycles. The molecule has 1 aliphatic heterocycles. The van der Waals surface area contributed by atoms with Gasteiger partial charge in [-0.25, -0.2) is 0 Å². The minimum absolute atomic E-state index is 0.160. The molecule has 0 radical (unpaired) electrons. The van der Waals surface area contributed by atoms with E-state index < -0.39 is 41.9 Å². The fourth-order valence-electron chi connectivity index (χ4n) is 1.81. The van der Waals surface area contributed by atoms with E-state index in [0.29, 0.717) is 6.21 Å². The lowest BCUT2D eigenvalue weighted by Gasteiger charge is -2.32. The highest BCUT2D eigenvalue weighted by atomic mass is 19.4. The number of hydrogen-bond donors (Lipinski definition) is 1. The molecule has 1 aromatic rings. The molecular formula is C12H8F6N2O3. The van der Waals surface area contributed by atoms with E-state index in [1.165, 1.54) is 0 Å². The van der Waals surface area contributed by atoms with Crippen LogP contribution >= 0.6 is 0 Å². The number of nitrogens with zero attached hydrogens (tertiary/aromatic N) is 2. The molecule has 0 spiro atoms. The van der Waals surface area contributed by atoms with Crippen LogP contribution in [0.1, 0.15) is 16.8 Å². The predicted octanol–water partition coefficient (Wildman–Crippen LogP) is 2.67. The number of carbonyl (C=O) groups excluding carboxylic acids is 1. The molecule has 1 heterocycles. The van der Waals surface area contributed by atoms with Crippen molar-refractivity contribution < 1.29 is 41.0 Å². The maximum Gasteiger partial charge on any atom is 0.573 e. The highest BCUT2D eigenvalue weighted by Crippen LogP contribution is 2.39. The molecular weight excluding hydrogens is 334 g/mol. The summed E-state index contributed by atoms with van der Waals surface area (Å²) in [5.74, 6) is -1.97. The van der Waals surface area contributed by atoms with Crippen molar-refractivity contribution in [3.8, 4) is 5.75 Å². The molecule has 2 rings (SSSR count). The van der Waals surface area contributed by atoms with Crippen LogP contribution in [0.25, 0.3) is 0 Å². The Hall–Kier alpha value is -2.30. The molecule has 1 N–H and O–H groups in total. The summed E-state index contributed by atoms with van der Waals surface area (Å²) in [7, 11) is 0. The smallest absolute Gasteiger partial charge is 0.406 e. The summed E-state index contributed by atoms with van der Waals surface area (Å²) < 4.78 is 78.1. The van der Waals surface area contributed by atoms with E-state index in [1.807, 2.05) is 0 Å². The molecule has 0 aliphatic carbocycles. The number of hydrazone groups is 1. The summed E-state index contributed by atoms with van der Waals surface area (Å²) >= 11 is 0. The third-order valence-corrected chi connectivity index (χ3v) is 2.90. The van der Waals surface area contributed by atoms with Crippen LogP contribution in [-0.2, 0) is 0 Å². The number of alkyl halides is 6. The van der Waals surface area contributed by atoms with Crippen LogP contribution in [0.15, 0.2) is 29.4 Å². The van der Waals surface area contributed by atoms with Crippen LogP contribution < -0.4 is 4.74 Å². The molecule has 5 nitrogen and oxygen atoms in total. The molecule has 0 saturated heterocycles. The molecule has 1 amide bonds. The van der Waals surface area contributed by atoms with Gasteiger partial charge >= 0.3 is 12.5 Å². The van der Waals surface area contributed by atoms with Crippen molar-refractivity contribution in [1.82, 2.24) is 5.01 Å². The Morgan fingerprint density at radius 2 is 1.74 bits per heavy atom. The van der Waals surface area contributed by atoms with Crippen LogP contribution in [0.4, 0.5) is 26.3 Å². The lowest BCUT2D eigenvalue weighted by molar-refractivity contribution is -0.297. The van der Waals surface area contributed by atoms with Gasteiger partial charge in [0.05, 0.1) is 0 Å². The number of ether oxygens (including phenoxy) is 1. The summed E-state index contributed by atoms with van der Waals surface area (Å²) in [4.78, 5) is 12.0. The Morgan fingerprint density at radius 3 is 2.22 bits per heavy atom. The standard InChI is InChI=1S/C12H8F6N2O3/c13-11(14,15)10(22)5-6-19-20(10)9(21)7-1-3-8(4-2-7)23-12(16,17)18/h1-4,6,22H,5H2. The fourth-order valence-corrected chi connectivity index (χ4v) is 1.81. The molecule has 23 heavy (non-hydrogen) atoms. The second-order valence-electron chi connectivity index (χ2n) is 4.51. The van der Waals surface area contributed by atoms with Gasteiger partial charge in [-0.2, -0.15) is 23.3 Å². The van der Waals surface area contributed by atoms with E-state index in [-0.39, 0.29) is 5.01 Å². The largest absolute Gasteiger partial charge is 0.573 e. The van der Waals surface area contributed by atoms with Gasteiger partial charge in [0.1, 0.15) is 5.75 Å². The van der Waals surface area contributed by atoms with Crippen molar-refractivity contribution in [3.05, 3.63) is 29.8 Å².